The van der Waals surface area contributed by atoms with Crippen LogP contribution >= 0.6 is 24.0 Å². The number of hydrogen-bond donors (Lipinski definition) is 3. The molecule has 0 bridgehead atoms. The van der Waals surface area contributed by atoms with Crippen LogP contribution in [0.4, 0.5) is 0 Å². The van der Waals surface area contributed by atoms with E-state index in [-0.39, 0.29) is 36.6 Å². The number of furan rings is 1. The summed E-state index contributed by atoms with van der Waals surface area (Å²) in [4.78, 5) is 4.61. The van der Waals surface area contributed by atoms with Crippen LogP contribution in [0.1, 0.15) is 31.1 Å². The van der Waals surface area contributed by atoms with E-state index in [4.69, 9.17) is 9.15 Å². The fraction of sp³-hybridized carbons (Fsp3) is 0.476. The molecule has 1 aliphatic rings. The number of aliphatic imine (C=N–C) groups is 1. The fourth-order valence-corrected chi connectivity index (χ4v) is 3.07. The molecule has 0 saturated carbocycles. The van der Waals surface area contributed by atoms with E-state index < -0.39 is 5.60 Å². The van der Waals surface area contributed by atoms with Crippen molar-refractivity contribution in [3.8, 4) is 0 Å². The van der Waals surface area contributed by atoms with Crippen LogP contribution in [-0.4, -0.2) is 43.4 Å². The molecule has 1 aromatic carbocycles. The topological polar surface area (TPSA) is 79.0 Å². The minimum atomic E-state index is -1.03. The third-order valence-corrected chi connectivity index (χ3v) is 4.71. The van der Waals surface area contributed by atoms with Crippen molar-refractivity contribution in [2.24, 2.45) is 4.99 Å². The summed E-state index contributed by atoms with van der Waals surface area (Å²) in [5, 5.41) is 17.4. The first-order chi connectivity index (χ1) is 13.1. The van der Waals surface area contributed by atoms with Crippen LogP contribution in [0.5, 0.6) is 0 Å². The second kappa shape index (κ2) is 11.4. The smallest absolute Gasteiger partial charge is 0.191 e. The minimum Gasteiger partial charge on any atom is -0.469 e. The van der Waals surface area contributed by atoms with Gasteiger partial charge in [0.2, 0.25) is 0 Å². The number of rotatable bonds is 8. The zero-order valence-electron chi connectivity index (χ0n) is 16.3. The Hall–Kier alpha value is -1.58. The second-order valence-electron chi connectivity index (χ2n) is 7.08. The summed E-state index contributed by atoms with van der Waals surface area (Å²) in [6.07, 6.45) is 4.83. The normalized spacial score (nSPS) is 18.9. The molecule has 1 saturated heterocycles. The molecule has 0 radical (unpaired) electrons. The van der Waals surface area contributed by atoms with Gasteiger partial charge >= 0.3 is 0 Å². The van der Waals surface area contributed by atoms with Crippen molar-refractivity contribution in [2.45, 2.75) is 37.9 Å². The van der Waals surface area contributed by atoms with Gasteiger partial charge in [-0.2, -0.15) is 0 Å². The minimum absolute atomic E-state index is 0. The van der Waals surface area contributed by atoms with E-state index in [0.717, 1.165) is 37.2 Å². The molecular weight excluding hydrogens is 469 g/mol. The molecule has 1 fully saturated rings. The molecule has 3 N–H and O–H groups in total. The van der Waals surface area contributed by atoms with E-state index in [0.29, 0.717) is 19.0 Å². The highest BCUT2D eigenvalue weighted by atomic mass is 127. The molecule has 0 aliphatic carbocycles. The van der Waals surface area contributed by atoms with Crippen LogP contribution in [0, 0.1) is 0 Å². The molecule has 0 spiro atoms. The van der Waals surface area contributed by atoms with E-state index in [9.17, 15) is 5.11 Å². The molecule has 1 aliphatic heterocycles. The van der Waals surface area contributed by atoms with Gasteiger partial charge in [-0.25, -0.2) is 4.99 Å². The Bertz CT molecular complexity index is 699. The number of halogens is 1. The van der Waals surface area contributed by atoms with Crippen LogP contribution in [0.25, 0.3) is 0 Å². The Morgan fingerprint density at radius 2 is 2.04 bits per heavy atom. The van der Waals surface area contributed by atoms with Gasteiger partial charge in [-0.05, 0) is 37.5 Å². The lowest BCUT2D eigenvalue weighted by Crippen LogP contribution is -2.42. The molecule has 6 nitrogen and oxygen atoms in total. The summed E-state index contributed by atoms with van der Waals surface area (Å²) < 4.78 is 11.0. The van der Waals surface area contributed by atoms with E-state index in [2.05, 4.69) is 15.6 Å². The molecule has 28 heavy (non-hydrogen) atoms. The summed E-state index contributed by atoms with van der Waals surface area (Å²) in [6, 6.07) is 13.5. The van der Waals surface area contributed by atoms with Crippen molar-refractivity contribution in [3.05, 3.63) is 60.1 Å². The Balaban J connectivity index is 0.00000280. The van der Waals surface area contributed by atoms with Crippen LogP contribution in [-0.2, 0) is 16.8 Å². The van der Waals surface area contributed by atoms with Gasteiger partial charge in [-0.1, -0.05) is 30.3 Å². The van der Waals surface area contributed by atoms with E-state index in [1.54, 1.807) is 13.2 Å². The highest BCUT2D eigenvalue weighted by molar-refractivity contribution is 14.0. The van der Waals surface area contributed by atoms with Crippen LogP contribution in [0.2, 0.25) is 0 Å². The van der Waals surface area contributed by atoms with E-state index >= 15 is 0 Å². The molecule has 2 aromatic rings. The van der Waals surface area contributed by atoms with E-state index in [1.807, 2.05) is 42.5 Å². The fourth-order valence-electron chi connectivity index (χ4n) is 3.07. The van der Waals surface area contributed by atoms with Gasteiger partial charge in [0.1, 0.15) is 11.4 Å². The highest BCUT2D eigenvalue weighted by Gasteiger charge is 2.23. The molecule has 2 unspecified atom stereocenters. The monoisotopic (exact) mass is 499 g/mol. The Kier molecular flexibility index (Phi) is 9.27. The van der Waals surface area contributed by atoms with Crippen molar-refractivity contribution in [1.82, 2.24) is 10.6 Å². The third-order valence-electron chi connectivity index (χ3n) is 4.71. The average molecular weight is 499 g/mol. The predicted molar refractivity (Wildman–Crippen MR) is 121 cm³/mol. The van der Waals surface area contributed by atoms with Gasteiger partial charge < -0.3 is 24.9 Å². The lowest BCUT2D eigenvalue weighted by Gasteiger charge is -2.23. The zero-order valence-corrected chi connectivity index (χ0v) is 18.6. The SMILES string of the molecule is CC(O)(CN=C(NCCc1ccco1)NCC1CCCO1)c1ccccc1.I. The molecule has 2 atom stereocenters. The summed E-state index contributed by atoms with van der Waals surface area (Å²) in [6.45, 7) is 4.27. The summed E-state index contributed by atoms with van der Waals surface area (Å²) >= 11 is 0. The first-order valence-electron chi connectivity index (χ1n) is 9.57. The standard InChI is InChI=1S/C21H29N3O3.HI/c1-21(25,17-7-3-2-4-8-17)16-24-20(23-15-19-10-6-14-27-19)22-12-11-18-9-5-13-26-18;/h2-5,7-9,13,19,25H,6,10-12,14-16H2,1H3,(H2,22,23,24);1H. The largest absolute Gasteiger partial charge is 0.469 e. The van der Waals surface area contributed by atoms with Gasteiger partial charge in [0, 0.05) is 26.1 Å². The maximum absolute atomic E-state index is 10.8. The number of hydrogen-bond acceptors (Lipinski definition) is 4. The van der Waals surface area contributed by atoms with Crippen molar-refractivity contribution in [2.75, 3.05) is 26.2 Å². The predicted octanol–water partition coefficient (Wildman–Crippen LogP) is 3.06. The molecule has 2 heterocycles. The zero-order chi connectivity index (χ0) is 19.0. The van der Waals surface area contributed by atoms with Gasteiger partial charge in [-0.15, -0.1) is 24.0 Å². The van der Waals surface area contributed by atoms with Gasteiger partial charge in [0.25, 0.3) is 0 Å². The number of nitrogens with zero attached hydrogens (tertiary/aromatic N) is 1. The maximum Gasteiger partial charge on any atom is 0.191 e. The van der Waals surface area contributed by atoms with Gasteiger partial charge in [0.05, 0.1) is 18.9 Å². The van der Waals surface area contributed by atoms with Crippen molar-refractivity contribution in [1.29, 1.82) is 0 Å². The number of guanidine groups is 1. The number of ether oxygens (including phenoxy) is 1. The van der Waals surface area contributed by atoms with Gasteiger partial charge in [0.15, 0.2) is 5.96 Å². The van der Waals surface area contributed by atoms with E-state index in [1.165, 1.54) is 0 Å². The van der Waals surface area contributed by atoms with Crippen molar-refractivity contribution in [3.63, 3.8) is 0 Å². The quantitative estimate of drug-likeness (QED) is 0.296. The Labute approximate surface area is 183 Å². The summed E-state index contributed by atoms with van der Waals surface area (Å²) in [5.74, 6) is 1.60. The summed E-state index contributed by atoms with van der Waals surface area (Å²) in [5.41, 5.74) is -0.177. The van der Waals surface area contributed by atoms with Crippen molar-refractivity contribution >= 4 is 29.9 Å². The van der Waals surface area contributed by atoms with Crippen molar-refractivity contribution < 1.29 is 14.3 Å². The maximum atomic E-state index is 10.8. The van der Waals surface area contributed by atoms with Gasteiger partial charge in [-0.3, -0.25) is 0 Å². The van der Waals surface area contributed by atoms with Crippen LogP contribution in [0.3, 0.4) is 0 Å². The second-order valence-corrected chi connectivity index (χ2v) is 7.08. The molecule has 7 heteroatoms. The number of benzene rings is 1. The lowest BCUT2D eigenvalue weighted by molar-refractivity contribution is 0.0672. The Morgan fingerprint density at radius 3 is 2.71 bits per heavy atom. The number of nitrogens with one attached hydrogen (secondary N) is 2. The summed E-state index contributed by atoms with van der Waals surface area (Å²) in [7, 11) is 0. The third kappa shape index (κ3) is 7.10. The first-order valence-corrected chi connectivity index (χ1v) is 9.57. The molecule has 0 amide bonds. The molecule has 1 aromatic heterocycles. The van der Waals surface area contributed by atoms with Crippen LogP contribution < -0.4 is 10.6 Å². The number of aliphatic hydroxyl groups is 1. The Morgan fingerprint density at radius 1 is 1.21 bits per heavy atom. The molecular formula is C21H30IN3O3. The lowest BCUT2D eigenvalue weighted by atomic mass is 9.96. The van der Waals surface area contributed by atoms with Crippen LogP contribution in [0.15, 0.2) is 58.1 Å². The highest BCUT2D eigenvalue weighted by Crippen LogP contribution is 2.20. The molecule has 3 rings (SSSR count). The first kappa shape index (κ1) is 22.7. The molecule has 154 valence electrons. The average Bonchev–Trinajstić information content (AvgIpc) is 3.38.